The second kappa shape index (κ2) is 4.87. The van der Waals surface area contributed by atoms with Crippen LogP contribution in [-0.4, -0.2) is 4.57 Å². The Morgan fingerprint density at radius 2 is 2.05 bits per heavy atom. The van der Waals surface area contributed by atoms with Crippen molar-refractivity contribution in [2.24, 2.45) is 0 Å². The lowest BCUT2D eigenvalue weighted by atomic mass is 10.1. The third-order valence-electron chi connectivity index (χ3n) is 3.10. The third kappa shape index (κ3) is 2.09. The summed E-state index contributed by atoms with van der Waals surface area (Å²) in [6.07, 6.45) is 0. The van der Waals surface area contributed by atoms with E-state index in [4.69, 9.17) is 21.3 Å². The van der Waals surface area contributed by atoms with Crippen molar-refractivity contribution in [3.8, 4) is 6.07 Å². The van der Waals surface area contributed by atoms with Gasteiger partial charge in [0.25, 0.3) is 0 Å². The van der Waals surface area contributed by atoms with Crippen molar-refractivity contribution in [2.75, 3.05) is 0 Å². The molecule has 0 saturated heterocycles. The van der Waals surface area contributed by atoms with E-state index in [0.717, 1.165) is 5.56 Å². The van der Waals surface area contributed by atoms with Gasteiger partial charge in [-0.2, -0.15) is 5.26 Å². The van der Waals surface area contributed by atoms with Gasteiger partial charge in [-0.05, 0) is 29.8 Å². The molecule has 0 radical (unpaired) electrons. The van der Waals surface area contributed by atoms with E-state index >= 15 is 0 Å². The molecular formula is C15H9ClN2O2. The third-order valence-corrected chi connectivity index (χ3v) is 3.33. The highest BCUT2D eigenvalue weighted by molar-refractivity contribution is 6.31. The van der Waals surface area contributed by atoms with Gasteiger partial charge in [-0.15, -0.1) is 0 Å². The fraction of sp³-hybridized carbons (Fsp3) is 0.0667. The van der Waals surface area contributed by atoms with Gasteiger partial charge in [0.15, 0.2) is 5.58 Å². The molecule has 0 aliphatic carbocycles. The maximum atomic E-state index is 11.9. The van der Waals surface area contributed by atoms with Crippen LogP contribution in [0.2, 0.25) is 5.02 Å². The number of halogens is 1. The fourth-order valence-electron chi connectivity index (χ4n) is 2.12. The lowest BCUT2D eigenvalue weighted by molar-refractivity contribution is 0.517. The number of benzene rings is 2. The Balaban J connectivity index is 2.16. The summed E-state index contributed by atoms with van der Waals surface area (Å²) in [6.45, 7) is 0.274. The van der Waals surface area contributed by atoms with Crippen LogP contribution >= 0.6 is 11.6 Å². The quantitative estimate of drug-likeness (QED) is 0.726. The molecule has 98 valence electrons. The first-order valence-corrected chi connectivity index (χ1v) is 6.34. The van der Waals surface area contributed by atoms with E-state index in [1.165, 1.54) is 4.57 Å². The highest BCUT2D eigenvalue weighted by Crippen LogP contribution is 2.20. The number of aromatic nitrogens is 1. The van der Waals surface area contributed by atoms with E-state index in [2.05, 4.69) is 6.07 Å². The van der Waals surface area contributed by atoms with Crippen molar-refractivity contribution < 1.29 is 4.42 Å². The predicted molar refractivity (Wildman–Crippen MR) is 75.7 cm³/mol. The Kier molecular flexibility index (Phi) is 3.05. The van der Waals surface area contributed by atoms with Crippen LogP contribution in [0.4, 0.5) is 0 Å². The van der Waals surface area contributed by atoms with Crippen LogP contribution in [0.3, 0.4) is 0 Å². The molecule has 0 aliphatic rings. The minimum Gasteiger partial charge on any atom is -0.408 e. The van der Waals surface area contributed by atoms with Crippen molar-refractivity contribution in [3.63, 3.8) is 0 Å². The molecule has 0 bridgehead atoms. The van der Waals surface area contributed by atoms with Gasteiger partial charge in [-0.25, -0.2) is 4.79 Å². The summed E-state index contributed by atoms with van der Waals surface area (Å²) in [5.41, 5.74) is 2.40. The van der Waals surface area contributed by atoms with Crippen LogP contribution in [0.25, 0.3) is 11.1 Å². The molecule has 0 amide bonds. The Labute approximate surface area is 119 Å². The van der Waals surface area contributed by atoms with Crippen LogP contribution < -0.4 is 5.76 Å². The normalized spacial score (nSPS) is 10.6. The van der Waals surface area contributed by atoms with Crippen molar-refractivity contribution in [3.05, 3.63) is 69.2 Å². The van der Waals surface area contributed by atoms with Gasteiger partial charge in [-0.1, -0.05) is 29.8 Å². The maximum Gasteiger partial charge on any atom is 0.420 e. The molecule has 2 aromatic carbocycles. The van der Waals surface area contributed by atoms with Gasteiger partial charge in [0.05, 0.1) is 23.7 Å². The van der Waals surface area contributed by atoms with Gasteiger partial charge in [0.1, 0.15) is 0 Å². The van der Waals surface area contributed by atoms with E-state index < -0.39 is 5.76 Å². The van der Waals surface area contributed by atoms with Crippen LogP contribution in [0, 0.1) is 11.3 Å². The summed E-state index contributed by atoms with van der Waals surface area (Å²) in [5.74, 6) is -0.463. The van der Waals surface area contributed by atoms with E-state index in [9.17, 15) is 4.79 Å². The smallest absolute Gasteiger partial charge is 0.408 e. The fourth-order valence-corrected chi connectivity index (χ4v) is 2.29. The topological polar surface area (TPSA) is 58.9 Å². The molecule has 1 heterocycles. The minimum atomic E-state index is -0.463. The molecule has 0 aliphatic heterocycles. The van der Waals surface area contributed by atoms with Gasteiger partial charge >= 0.3 is 5.76 Å². The minimum absolute atomic E-state index is 0.274. The Bertz CT molecular complexity index is 887. The molecule has 0 fully saturated rings. The van der Waals surface area contributed by atoms with Gasteiger partial charge in [0, 0.05) is 5.02 Å². The highest BCUT2D eigenvalue weighted by atomic mass is 35.5. The lowest BCUT2D eigenvalue weighted by Crippen LogP contribution is -2.15. The van der Waals surface area contributed by atoms with Crippen LogP contribution in [-0.2, 0) is 6.54 Å². The molecule has 0 spiro atoms. The second-order valence-electron chi connectivity index (χ2n) is 4.34. The monoisotopic (exact) mass is 284 g/mol. The zero-order valence-corrected chi connectivity index (χ0v) is 11.1. The van der Waals surface area contributed by atoms with Crippen molar-refractivity contribution in [2.45, 2.75) is 6.54 Å². The standard InChI is InChI=1S/C15H9ClN2O2/c16-12-5-6-14-13(7-12)18(15(19)20-14)9-11-4-2-1-3-10(11)8-17/h1-7H,9H2. The molecule has 20 heavy (non-hydrogen) atoms. The van der Waals surface area contributed by atoms with Gasteiger partial charge in [0.2, 0.25) is 0 Å². The largest absolute Gasteiger partial charge is 0.420 e. The molecular weight excluding hydrogens is 276 g/mol. The zero-order chi connectivity index (χ0) is 14.1. The van der Waals surface area contributed by atoms with E-state index in [1.807, 2.05) is 12.1 Å². The number of nitrogens with zero attached hydrogens (tertiary/aromatic N) is 2. The summed E-state index contributed by atoms with van der Waals surface area (Å²) in [5, 5.41) is 9.62. The Morgan fingerprint density at radius 3 is 2.85 bits per heavy atom. The number of hydrogen-bond acceptors (Lipinski definition) is 3. The first-order chi connectivity index (χ1) is 9.69. The zero-order valence-electron chi connectivity index (χ0n) is 10.3. The summed E-state index contributed by atoms with van der Waals surface area (Å²) in [6, 6.07) is 14.3. The number of fused-ring (bicyclic) bond motifs is 1. The molecule has 3 rings (SSSR count). The molecule has 1 aromatic heterocycles. The number of hydrogen-bond donors (Lipinski definition) is 0. The van der Waals surface area contributed by atoms with Crippen LogP contribution in [0.5, 0.6) is 0 Å². The van der Waals surface area contributed by atoms with E-state index in [-0.39, 0.29) is 6.54 Å². The van der Waals surface area contributed by atoms with Crippen molar-refractivity contribution >= 4 is 22.7 Å². The predicted octanol–water partition coefficient (Wildman–Crippen LogP) is 3.17. The van der Waals surface area contributed by atoms with Crippen LogP contribution in [0.1, 0.15) is 11.1 Å². The maximum absolute atomic E-state index is 11.9. The SMILES string of the molecule is N#Cc1ccccc1Cn1c(=O)oc2ccc(Cl)cc21. The summed E-state index contributed by atoms with van der Waals surface area (Å²) < 4.78 is 6.64. The molecule has 4 nitrogen and oxygen atoms in total. The summed E-state index contributed by atoms with van der Waals surface area (Å²) in [7, 11) is 0. The molecule has 0 atom stereocenters. The molecule has 0 saturated carbocycles. The Morgan fingerprint density at radius 1 is 1.25 bits per heavy atom. The van der Waals surface area contributed by atoms with Gasteiger partial charge < -0.3 is 4.42 Å². The first kappa shape index (κ1) is 12.5. The summed E-state index contributed by atoms with van der Waals surface area (Å²) >= 11 is 5.95. The number of nitriles is 1. The summed E-state index contributed by atoms with van der Waals surface area (Å²) in [4.78, 5) is 11.9. The average molecular weight is 285 g/mol. The highest BCUT2D eigenvalue weighted by Gasteiger charge is 2.11. The molecule has 0 unspecified atom stereocenters. The van der Waals surface area contributed by atoms with E-state index in [1.54, 1.807) is 30.3 Å². The van der Waals surface area contributed by atoms with Crippen LogP contribution in [0.15, 0.2) is 51.7 Å². The average Bonchev–Trinajstić information content (AvgIpc) is 2.76. The van der Waals surface area contributed by atoms with Crippen molar-refractivity contribution in [1.82, 2.24) is 4.57 Å². The number of oxazole rings is 1. The number of rotatable bonds is 2. The van der Waals surface area contributed by atoms with Gasteiger partial charge in [-0.3, -0.25) is 4.57 Å². The first-order valence-electron chi connectivity index (χ1n) is 5.96. The van der Waals surface area contributed by atoms with Crippen molar-refractivity contribution in [1.29, 1.82) is 5.26 Å². The molecule has 3 aromatic rings. The molecule has 5 heteroatoms. The molecule has 0 N–H and O–H groups in total. The van der Waals surface area contributed by atoms with E-state index in [0.29, 0.717) is 21.7 Å². The Hall–Kier alpha value is -2.51. The second-order valence-corrected chi connectivity index (χ2v) is 4.77. The lowest BCUT2D eigenvalue weighted by Gasteiger charge is -2.04.